The van der Waals surface area contributed by atoms with Crippen molar-refractivity contribution in [3.8, 4) is 5.75 Å². The van der Waals surface area contributed by atoms with Crippen molar-refractivity contribution in [3.05, 3.63) is 59.9 Å². The maximum atomic E-state index is 7.54. The van der Waals surface area contributed by atoms with Crippen molar-refractivity contribution in [3.63, 3.8) is 0 Å². The van der Waals surface area contributed by atoms with Crippen LogP contribution >= 0.6 is 0 Å². The van der Waals surface area contributed by atoms with E-state index >= 15 is 0 Å². The van der Waals surface area contributed by atoms with Gasteiger partial charge in [0, 0.05) is 41.6 Å². The highest BCUT2D eigenvalue weighted by Crippen LogP contribution is 2.22. The van der Waals surface area contributed by atoms with Crippen molar-refractivity contribution < 1.29 is 4.74 Å². The zero-order valence-electron chi connectivity index (χ0n) is 13.0. The summed E-state index contributed by atoms with van der Waals surface area (Å²) in [4.78, 5) is 0. The molecule has 0 aliphatic heterocycles. The van der Waals surface area contributed by atoms with Crippen LogP contribution in [0, 0.1) is 5.41 Å². The van der Waals surface area contributed by atoms with Gasteiger partial charge in [-0.1, -0.05) is 6.07 Å². The fraction of sp³-hybridized carbons (Fsp3) is 0.118. The molecule has 0 bridgehead atoms. The van der Waals surface area contributed by atoms with Gasteiger partial charge >= 0.3 is 0 Å². The van der Waals surface area contributed by atoms with E-state index in [1.807, 2.05) is 36.4 Å². The van der Waals surface area contributed by atoms with Crippen molar-refractivity contribution >= 4 is 23.3 Å². The third-order valence-electron chi connectivity index (χ3n) is 3.34. The quantitative estimate of drug-likeness (QED) is 0.399. The maximum absolute atomic E-state index is 7.54. The summed E-state index contributed by atoms with van der Waals surface area (Å²) in [6, 6.07) is 13.0. The summed E-state index contributed by atoms with van der Waals surface area (Å²) >= 11 is 0. The van der Waals surface area contributed by atoms with Gasteiger partial charge in [-0.15, -0.1) is 0 Å². The molecule has 2 aromatic carbocycles. The lowest BCUT2D eigenvalue weighted by Crippen LogP contribution is -2.09. The van der Waals surface area contributed by atoms with E-state index in [4.69, 9.17) is 21.6 Å². The summed E-state index contributed by atoms with van der Waals surface area (Å²) in [5, 5.41) is 13.8. The minimum Gasteiger partial charge on any atom is -0.497 e. The van der Waals surface area contributed by atoms with Crippen LogP contribution < -0.4 is 26.8 Å². The Bertz CT molecular complexity index is 695. The number of nitrogens with one attached hydrogen (secondary N) is 3. The van der Waals surface area contributed by atoms with Crippen LogP contribution in [-0.4, -0.2) is 13.3 Å². The van der Waals surface area contributed by atoms with E-state index < -0.39 is 0 Å². The van der Waals surface area contributed by atoms with Gasteiger partial charge in [0.1, 0.15) is 5.75 Å². The number of allylic oxidation sites excluding steroid dienone is 1. The van der Waals surface area contributed by atoms with Gasteiger partial charge in [-0.2, -0.15) is 0 Å². The number of nitrogen functional groups attached to an aromatic ring is 1. The lowest BCUT2D eigenvalue weighted by atomic mass is 10.1. The summed E-state index contributed by atoms with van der Waals surface area (Å²) < 4.78 is 5.12. The van der Waals surface area contributed by atoms with Crippen LogP contribution in [0.15, 0.2) is 54.4 Å². The van der Waals surface area contributed by atoms with E-state index in [9.17, 15) is 0 Å². The molecule has 6 nitrogen and oxygen atoms in total. The van der Waals surface area contributed by atoms with Gasteiger partial charge in [0.05, 0.1) is 12.8 Å². The second-order valence-corrected chi connectivity index (χ2v) is 4.82. The Morgan fingerprint density at radius 1 is 1.22 bits per heavy atom. The Labute approximate surface area is 135 Å². The first-order valence-corrected chi connectivity index (χ1v) is 7.13. The summed E-state index contributed by atoms with van der Waals surface area (Å²) in [6.45, 7) is 0.326. The van der Waals surface area contributed by atoms with Gasteiger partial charge in [0.15, 0.2) is 0 Å². The van der Waals surface area contributed by atoms with Crippen molar-refractivity contribution in [2.75, 3.05) is 23.5 Å². The molecule has 0 spiro atoms. The van der Waals surface area contributed by atoms with Crippen LogP contribution in [0.4, 0.5) is 17.1 Å². The molecule has 0 saturated carbocycles. The summed E-state index contributed by atoms with van der Waals surface area (Å²) in [5.74, 6) is 0.789. The van der Waals surface area contributed by atoms with E-state index in [-0.39, 0.29) is 0 Å². The number of hydrogen-bond acceptors (Lipinski definition) is 6. The molecule has 2 aromatic rings. The van der Waals surface area contributed by atoms with E-state index in [1.54, 1.807) is 19.4 Å². The normalized spacial score (nSPS) is 11.0. The molecular formula is C17H21N5O. The summed E-state index contributed by atoms with van der Waals surface area (Å²) in [5.41, 5.74) is 15.4. The number of methoxy groups -OCH3 is 1. The minimum atomic E-state index is 0.326. The average molecular weight is 311 g/mol. The number of hydrogen-bond donors (Lipinski definition) is 5. The monoisotopic (exact) mass is 311 g/mol. The fourth-order valence-electron chi connectivity index (χ4n) is 2.07. The maximum Gasteiger partial charge on any atom is 0.119 e. The van der Waals surface area contributed by atoms with Gasteiger partial charge < -0.3 is 32.2 Å². The van der Waals surface area contributed by atoms with E-state index in [0.29, 0.717) is 17.9 Å². The Balaban J connectivity index is 2.13. The van der Waals surface area contributed by atoms with Gasteiger partial charge in [-0.05, 0) is 36.4 Å². The summed E-state index contributed by atoms with van der Waals surface area (Å²) in [6.07, 6.45) is 2.93. The molecule has 23 heavy (non-hydrogen) atoms. The van der Waals surface area contributed by atoms with Crippen molar-refractivity contribution in [1.82, 2.24) is 0 Å². The first-order chi connectivity index (χ1) is 11.2. The minimum absolute atomic E-state index is 0.326. The molecule has 7 N–H and O–H groups in total. The van der Waals surface area contributed by atoms with Crippen LogP contribution in [-0.2, 0) is 6.54 Å². The first-order valence-electron chi connectivity index (χ1n) is 7.13. The fourth-order valence-corrected chi connectivity index (χ4v) is 2.07. The van der Waals surface area contributed by atoms with E-state index in [0.717, 1.165) is 22.7 Å². The molecule has 0 radical (unpaired) electrons. The number of ether oxygens (including phenoxy) is 1. The lowest BCUT2D eigenvalue weighted by molar-refractivity contribution is 0.415. The van der Waals surface area contributed by atoms with Crippen molar-refractivity contribution in [1.29, 1.82) is 5.41 Å². The van der Waals surface area contributed by atoms with Gasteiger partial charge in [-0.3, -0.25) is 0 Å². The van der Waals surface area contributed by atoms with Crippen molar-refractivity contribution in [2.24, 2.45) is 5.73 Å². The lowest BCUT2D eigenvalue weighted by Gasteiger charge is -2.13. The van der Waals surface area contributed by atoms with Crippen LogP contribution in [0.2, 0.25) is 0 Å². The molecule has 0 fully saturated rings. The average Bonchev–Trinajstić information content (AvgIpc) is 2.59. The molecule has 0 atom stereocenters. The van der Waals surface area contributed by atoms with Crippen LogP contribution in [0.25, 0.3) is 0 Å². The molecule has 2 rings (SSSR count). The Hall–Kier alpha value is -2.99. The number of anilines is 3. The smallest absolute Gasteiger partial charge is 0.119 e. The highest BCUT2D eigenvalue weighted by atomic mass is 16.5. The molecule has 0 aromatic heterocycles. The Morgan fingerprint density at radius 3 is 2.57 bits per heavy atom. The largest absolute Gasteiger partial charge is 0.497 e. The molecule has 0 saturated heterocycles. The third-order valence-corrected chi connectivity index (χ3v) is 3.34. The number of rotatable bonds is 7. The van der Waals surface area contributed by atoms with Crippen LogP contribution in [0.1, 0.15) is 5.56 Å². The highest BCUT2D eigenvalue weighted by molar-refractivity contribution is 5.83. The third kappa shape index (κ3) is 4.24. The SMILES string of the molecule is COc1ccc(N/C=C(\C=N)Nc2cccc(N)c2CN)cc1. The Morgan fingerprint density at radius 2 is 1.96 bits per heavy atom. The molecule has 0 heterocycles. The molecule has 0 aliphatic rings. The van der Waals surface area contributed by atoms with Crippen LogP contribution in [0.5, 0.6) is 5.75 Å². The van der Waals surface area contributed by atoms with Gasteiger partial charge in [0.25, 0.3) is 0 Å². The molecule has 0 amide bonds. The number of nitrogens with two attached hydrogens (primary N) is 2. The zero-order valence-corrected chi connectivity index (χ0v) is 13.0. The van der Waals surface area contributed by atoms with Crippen LogP contribution in [0.3, 0.4) is 0 Å². The first kappa shape index (κ1) is 16.4. The second-order valence-electron chi connectivity index (χ2n) is 4.82. The second kappa shape index (κ2) is 7.86. The molecule has 0 unspecified atom stereocenters. The van der Waals surface area contributed by atoms with Gasteiger partial charge in [-0.25, -0.2) is 0 Å². The standard InChI is InChI=1S/C17H21N5O/c1-23-14-7-5-12(6-8-14)21-11-13(9-18)22-17-4-2-3-16(20)15(17)10-19/h2-9,11,18,21-22H,10,19-20H2,1H3/b13-11+,18-9?. The molecule has 6 heteroatoms. The van der Waals surface area contributed by atoms with Crippen molar-refractivity contribution in [2.45, 2.75) is 6.54 Å². The predicted octanol–water partition coefficient (Wildman–Crippen LogP) is 2.75. The molecule has 120 valence electrons. The topological polar surface area (TPSA) is 109 Å². The van der Waals surface area contributed by atoms with Gasteiger partial charge in [0.2, 0.25) is 0 Å². The van der Waals surface area contributed by atoms with E-state index in [1.165, 1.54) is 6.21 Å². The predicted molar refractivity (Wildman–Crippen MR) is 95.9 cm³/mol. The Kier molecular flexibility index (Phi) is 5.60. The zero-order chi connectivity index (χ0) is 16.7. The van der Waals surface area contributed by atoms with E-state index in [2.05, 4.69) is 10.6 Å². The number of benzene rings is 2. The molecule has 0 aliphatic carbocycles. The molecular weight excluding hydrogens is 290 g/mol. The summed E-state index contributed by atoms with van der Waals surface area (Å²) in [7, 11) is 1.63. The highest BCUT2D eigenvalue weighted by Gasteiger charge is 2.05.